The molecule has 5 heteroatoms. The number of hydrogen-bond donors (Lipinski definition) is 0. The van der Waals surface area contributed by atoms with Crippen LogP contribution in [0.1, 0.15) is 44.7 Å². The van der Waals surface area contributed by atoms with Gasteiger partial charge in [0.15, 0.2) is 0 Å². The van der Waals surface area contributed by atoms with Crippen LogP contribution in [-0.4, -0.2) is 23.1 Å². The lowest BCUT2D eigenvalue weighted by molar-refractivity contribution is 0.0208. The van der Waals surface area contributed by atoms with Gasteiger partial charge in [0, 0.05) is 23.5 Å². The van der Waals surface area contributed by atoms with Crippen LogP contribution in [0.5, 0.6) is 0 Å². The van der Waals surface area contributed by atoms with E-state index >= 15 is 0 Å². The van der Waals surface area contributed by atoms with Crippen molar-refractivity contribution in [2.75, 3.05) is 6.54 Å². The van der Waals surface area contributed by atoms with Crippen molar-refractivity contribution in [3.05, 3.63) is 33.5 Å². The molecule has 0 saturated heterocycles. The Kier molecular flexibility index (Phi) is 4.09. The first-order valence-corrected chi connectivity index (χ1v) is 7.42. The summed E-state index contributed by atoms with van der Waals surface area (Å²) in [7, 11) is 0. The molecule has 1 atom stereocenters. The van der Waals surface area contributed by atoms with E-state index in [1.54, 1.807) is 4.90 Å². The molecule has 0 aliphatic carbocycles. The van der Waals surface area contributed by atoms with Gasteiger partial charge in [0.05, 0.1) is 0 Å². The summed E-state index contributed by atoms with van der Waals surface area (Å²) in [6, 6.07) is 2.96. The van der Waals surface area contributed by atoms with Gasteiger partial charge in [-0.25, -0.2) is 9.18 Å². The molecule has 1 unspecified atom stereocenters. The highest BCUT2D eigenvalue weighted by molar-refractivity contribution is 9.10. The van der Waals surface area contributed by atoms with Crippen molar-refractivity contribution in [3.63, 3.8) is 0 Å². The molecule has 3 nitrogen and oxygen atoms in total. The molecule has 0 N–H and O–H groups in total. The maximum atomic E-state index is 13.5. The molecule has 0 aromatic heterocycles. The summed E-state index contributed by atoms with van der Waals surface area (Å²) < 4.78 is 19.7. The van der Waals surface area contributed by atoms with E-state index in [-0.39, 0.29) is 17.8 Å². The van der Waals surface area contributed by atoms with Crippen molar-refractivity contribution in [2.24, 2.45) is 0 Å². The summed E-state index contributed by atoms with van der Waals surface area (Å²) in [6.07, 6.45) is -0.351. The zero-order valence-corrected chi connectivity index (χ0v) is 13.8. The predicted molar refractivity (Wildman–Crippen MR) is 79.2 cm³/mol. The summed E-state index contributed by atoms with van der Waals surface area (Å²) in [5.41, 5.74) is 1.39. The third-order valence-electron chi connectivity index (χ3n) is 3.18. The van der Waals surface area contributed by atoms with Gasteiger partial charge in [-0.3, -0.25) is 0 Å². The van der Waals surface area contributed by atoms with Crippen LogP contribution in [0, 0.1) is 5.82 Å². The Morgan fingerprint density at radius 2 is 2.10 bits per heavy atom. The summed E-state index contributed by atoms with van der Waals surface area (Å²) in [6.45, 7) is 8.49. The number of rotatable bonds is 0. The lowest BCUT2D eigenvalue weighted by Gasteiger charge is -2.35. The van der Waals surface area contributed by atoms with E-state index < -0.39 is 5.60 Å². The molecule has 0 spiro atoms. The fourth-order valence-electron chi connectivity index (χ4n) is 2.48. The largest absolute Gasteiger partial charge is 0.444 e. The average Bonchev–Trinajstić information content (AvgIpc) is 2.24. The van der Waals surface area contributed by atoms with Gasteiger partial charge < -0.3 is 9.64 Å². The van der Waals surface area contributed by atoms with Crippen LogP contribution in [0.3, 0.4) is 0 Å². The molecule has 0 fully saturated rings. The second-order valence-corrected chi connectivity index (χ2v) is 7.08. The van der Waals surface area contributed by atoms with Crippen molar-refractivity contribution in [3.8, 4) is 0 Å². The fourth-order valence-corrected chi connectivity index (χ4v) is 3.34. The van der Waals surface area contributed by atoms with Crippen molar-refractivity contribution < 1.29 is 13.9 Å². The van der Waals surface area contributed by atoms with E-state index in [0.29, 0.717) is 13.1 Å². The predicted octanol–water partition coefficient (Wildman–Crippen LogP) is 4.44. The summed E-state index contributed by atoms with van der Waals surface area (Å²) in [5, 5.41) is 0. The first-order valence-electron chi connectivity index (χ1n) is 6.63. The Labute approximate surface area is 127 Å². The normalized spacial score (nSPS) is 18.7. The minimum Gasteiger partial charge on any atom is -0.444 e. The third-order valence-corrected chi connectivity index (χ3v) is 3.84. The standard InChI is InChI=1S/C15H19BrFNO2/c1-9-7-18(14(19)20-15(2,3)4)8-10-5-11(17)6-12(16)13(9)10/h5-6,9H,7-8H2,1-4H3. The first-order chi connectivity index (χ1) is 9.17. The minimum absolute atomic E-state index is 0.140. The number of halogens is 2. The Morgan fingerprint density at radius 3 is 2.70 bits per heavy atom. The lowest BCUT2D eigenvalue weighted by atomic mass is 9.91. The highest BCUT2D eigenvalue weighted by atomic mass is 79.9. The molecule has 2 rings (SSSR count). The van der Waals surface area contributed by atoms with Crippen LogP contribution in [0.25, 0.3) is 0 Å². The van der Waals surface area contributed by atoms with E-state index in [4.69, 9.17) is 4.74 Å². The van der Waals surface area contributed by atoms with Crippen molar-refractivity contribution in [1.82, 2.24) is 4.90 Å². The monoisotopic (exact) mass is 343 g/mol. The minimum atomic E-state index is -0.525. The number of ether oxygens (including phenoxy) is 1. The Hall–Kier alpha value is -1.10. The SMILES string of the molecule is CC1CN(C(=O)OC(C)(C)C)Cc2cc(F)cc(Br)c21. The van der Waals surface area contributed by atoms with Crippen LogP contribution in [-0.2, 0) is 11.3 Å². The molecule has 0 saturated carbocycles. The van der Waals surface area contributed by atoms with Crippen LogP contribution < -0.4 is 0 Å². The van der Waals surface area contributed by atoms with Gasteiger partial charge in [-0.05, 0) is 44.0 Å². The van der Waals surface area contributed by atoms with Gasteiger partial charge in [-0.15, -0.1) is 0 Å². The number of carbonyl (C=O) groups is 1. The highest BCUT2D eigenvalue weighted by Crippen LogP contribution is 2.35. The lowest BCUT2D eigenvalue weighted by Crippen LogP contribution is -2.41. The van der Waals surface area contributed by atoms with Gasteiger partial charge in [0.2, 0.25) is 0 Å². The number of hydrogen-bond acceptors (Lipinski definition) is 2. The molecular formula is C15H19BrFNO2. The van der Waals surface area contributed by atoms with Gasteiger partial charge in [-0.1, -0.05) is 22.9 Å². The topological polar surface area (TPSA) is 29.5 Å². The zero-order valence-electron chi connectivity index (χ0n) is 12.2. The summed E-state index contributed by atoms with van der Waals surface area (Å²) in [4.78, 5) is 13.8. The molecule has 0 bridgehead atoms. The van der Waals surface area contributed by atoms with E-state index in [1.165, 1.54) is 12.1 Å². The van der Waals surface area contributed by atoms with E-state index in [1.807, 2.05) is 27.7 Å². The molecule has 0 radical (unpaired) electrons. The molecule has 110 valence electrons. The van der Waals surface area contributed by atoms with E-state index in [0.717, 1.165) is 15.6 Å². The number of nitrogens with zero attached hydrogens (tertiary/aromatic N) is 1. The number of carbonyl (C=O) groups excluding carboxylic acids is 1. The van der Waals surface area contributed by atoms with Gasteiger partial charge in [0.25, 0.3) is 0 Å². The second kappa shape index (κ2) is 5.35. The summed E-state index contributed by atoms with van der Waals surface area (Å²) >= 11 is 3.40. The highest BCUT2D eigenvalue weighted by Gasteiger charge is 2.30. The van der Waals surface area contributed by atoms with Crippen LogP contribution in [0.4, 0.5) is 9.18 Å². The quantitative estimate of drug-likeness (QED) is 0.696. The smallest absolute Gasteiger partial charge is 0.410 e. The maximum absolute atomic E-state index is 13.5. The maximum Gasteiger partial charge on any atom is 0.410 e. The van der Waals surface area contributed by atoms with Crippen LogP contribution >= 0.6 is 15.9 Å². The van der Waals surface area contributed by atoms with Crippen molar-refractivity contribution >= 4 is 22.0 Å². The average molecular weight is 344 g/mol. The first kappa shape index (κ1) is 15.3. The van der Waals surface area contributed by atoms with Crippen molar-refractivity contribution in [2.45, 2.75) is 45.8 Å². The number of benzene rings is 1. The van der Waals surface area contributed by atoms with Crippen molar-refractivity contribution in [1.29, 1.82) is 0 Å². The summed E-state index contributed by atoms with van der Waals surface area (Å²) in [5.74, 6) is -0.157. The molecular weight excluding hydrogens is 325 g/mol. The van der Waals surface area contributed by atoms with Gasteiger partial charge in [-0.2, -0.15) is 0 Å². The van der Waals surface area contributed by atoms with E-state index in [2.05, 4.69) is 15.9 Å². The fraction of sp³-hybridized carbons (Fsp3) is 0.533. The zero-order chi connectivity index (χ0) is 15.1. The molecule has 1 aromatic rings. The Bertz CT molecular complexity index is 539. The molecule has 1 aromatic carbocycles. The molecule has 1 amide bonds. The van der Waals surface area contributed by atoms with Crippen LogP contribution in [0.15, 0.2) is 16.6 Å². The molecule has 1 aliphatic heterocycles. The van der Waals surface area contributed by atoms with Crippen LogP contribution in [0.2, 0.25) is 0 Å². The molecule has 1 heterocycles. The number of fused-ring (bicyclic) bond motifs is 1. The van der Waals surface area contributed by atoms with Gasteiger partial charge >= 0.3 is 6.09 Å². The Morgan fingerprint density at radius 1 is 1.45 bits per heavy atom. The molecule has 20 heavy (non-hydrogen) atoms. The molecule has 1 aliphatic rings. The number of amides is 1. The van der Waals surface area contributed by atoms with E-state index in [9.17, 15) is 9.18 Å². The second-order valence-electron chi connectivity index (χ2n) is 6.22. The van der Waals surface area contributed by atoms with Gasteiger partial charge in [0.1, 0.15) is 11.4 Å². The third kappa shape index (κ3) is 3.32. The Balaban J connectivity index is 2.25.